The van der Waals surface area contributed by atoms with Gasteiger partial charge in [-0.25, -0.2) is 4.39 Å². The highest BCUT2D eigenvalue weighted by Gasteiger charge is 2.34. The zero-order valence-electron chi connectivity index (χ0n) is 11.4. The topological polar surface area (TPSA) is 25.2 Å². The number of alkyl halides is 3. The Morgan fingerprint density at radius 2 is 2.00 bits per heavy atom. The highest BCUT2D eigenvalue weighted by atomic mass is 19.4. The first-order valence-corrected chi connectivity index (χ1v) is 6.52. The molecule has 114 valence electrons. The molecule has 1 aromatic heterocycles. The Morgan fingerprint density at radius 1 is 1.24 bits per heavy atom. The lowest BCUT2D eigenvalue weighted by Crippen LogP contribution is -2.17. The molecule has 0 aliphatic heterocycles. The summed E-state index contributed by atoms with van der Waals surface area (Å²) >= 11 is 0. The predicted molar refractivity (Wildman–Crippen MR) is 71.5 cm³/mol. The van der Waals surface area contributed by atoms with E-state index in [1.54, 1.807) is 12.3 Å². The third-order valence-corrected chi connectivity index (χ3v) is 3.09. The quantitative estimate of drug-likeness (QED) is 0.797. The largest absolute Gasteiger partial charge is 0.469 e. The molecule has 2 aromatic rings. The van der Waals surface area contributed by atoms with Gasteiger partial charge >= 0.3 is 6.18 Å². The Balaban J connectivity index is 1.99. The molecule has 0 saturated carbocycles. The molecular weight excluding hydrogens is 286 g/mol. The van der Waals surface area contributed by atoms with Crippen molar-refractivity contribution in [3.05, 3.63) is 53.7 Å². The molecule has 0 bridgehead atoms. The number of rotatable bonds is 5. The van der Waals surface area contributed by atoms with E-state index in [4.69, 9.17) is 4.42 Å². The van der Waals surface area contributed by atoms with Gasteiger partial charge in [0.15, 0.2) is 0 Å². The van der Waals surface area contributed by atoms with E-state index < -0.39 is 17.6 Å². The summed E-state index contributed by atoms with van der Waals surface area (Å²) < 4.78 is 56.2. The summed E-state index contributed by atoms with van der Waals surface area (Å²) in [5.74, 6) is -0.449. The average molecular weight is 301 g/mol. The Bertz CT molecular complexity index is 578. The molecule has 6 heteroatoms. The minimum atomic E-state index is -4.70. The molecule has 1 heterocycles. The zero-order valence-corrected chi connectivity index (χ0v) is 11.4. The second kappa shape index (κ2) is 6.20. The highest BCUT2D eigenvalue weighted by molar-refractivity contribution is 5.47. The molecule has 21 heavy (non-hydrogen) atoms. The Morgan fingerprint density at radius 3 is 2.62 bits per heavy atom. The van der Waals surface area contributed by atoms with Crippen LogP contribution in [0.1, 0.15) is 24.7 Å². The van der Waals surface area contributed by atoms with Gasteiger partial charge < -0.3 is 9.73 Å². The van der Waals surface area contributed by atoms with Crippen molar-refractivity contribution < 1.29 is 22.0 Å². The van der Waals surface area contributed by atoms with Crippen molar-refractivity contribution in [2.24, 2.45) is 0 Å². The monoisotopic (exact) mass is 301 g/mol. The third-order valence-electron chi connectivity index (χ3n) is 3.09. The van der Waals surface area contributed by atoms with E-state index in [2.05, 4.69) is 5.32 Å². The van der Waals surface area contributed by atoms with Crippen molar-refractivity contribution in [2.75, 3.05) is 5.32 Å². The molecule has 2 nitrogen and oxygen atoms in total. The molecule has 1 atom stereocenters. The maximum Gasteiger partial charge on any atom is 0.419 e. The summed E-state index contributed by atoms with van der Waals surface area (Å²) in [6.45, 7) is 1.85. The molecule has 0 saturated heterocycles. The van der Waals surface area contributed by atoms with Gasteiger partial charge in [-0.15, -0.1) is 0 Å². The number of aryl methyl sites for hydroxylation is 1. The molecule has 0 radical (unpaired) electrons. The van der Waals surface area contributed by atoms with Crippen LogP contribution in [0.25, 0.3) is 0 Å². The number of nitrogens with one attached hydrogen (secondary N) is 1. The standard InChI is InChI=1S/C15H15F4NO/c1-10(4-6-12-3-2-8-21-12)20-11-5-7-14(16)13(9-11)15(17,18)19/h2-3,5,7-10,20H,4,6H2,1H3. The van der Waals surface area contributed by atoms with Crippen molar-refractivity contribution in [1.29, 1.82) is 0 Å². The van der Waals surface area contributed by atoms with Crippen molar-refractivity contribution in [1.82, 2.24) is 0 Å². The number of hydrogen-bond acceptors (Lipinski definition) is 2. The normalized spacial score (nSPS) is 13.2. The van der Waals surface area contributed by atoms with Crippen LogP contribution in [-0.2, 0) is 12.6 Å². The van der Waals surface area contributed by atoms with Crippen molar-refractivity contribution in [3.8, 4) is 0 Å². The van der Waals surface area contributed by atoms with Crippen LogP contribution in [0.2, 0.25) is 0 Å². The molecule has 1 aromatic carbocycles. The third kappa shape index (κ3) is 4.24. The number of benzene rings is 1. The lowest BCUT2D eigenvalue weighted by Gasteiger charge is -2.16. The van der Waals surface area contributed by atoms with Crippen LogP contribution >= 0.6 is 0 Å². The van der Waals surface area contributed by atoms with Crippen molar-refractivity contribution in [3.63, 3.8) is 0 Å². The summed E-state index contributed by atoms with van der Waals surface area (Å²) in [7, 11) is 0. The van der Waals surface area contributed by atoms with E-state index in [1.165, 1.54) is 6.07 Å². The maximum atomic E-state index is 13.2. The van der Waals surface area contributed by atoms with Gasteiger partial charge in [-0.3, -0.25) is 0 Å². The van der Waals surface area contributed by atoms with Gasteiger partial charge in [0.2, 0.25) is 0 Å². The van der Waals surface area contributed by atoms with Gasteiger partial charge in [-0.05, 0) is 43.7 Å². The van der Waals surface area contributed by atoms with Gasteiger partial charge in [0.1, 0.15) is 11.6 Å². The minimum absolute atomic E-state index is 0.0679. The fraction of sp³-hybridized carbons (Fsp3) is 0.333. The van der Waals surface area contributed by atoms with Crippen LogP contribution in [0.15, 0.2) is 41.0 Å². The Kier molecular flexibility index (Phi) is 4.55. The second-order valence-electron chi connectivity index (χ2n) is 4.86. The second-order valence-corrected chi connectivity index (χ2v) is 4.86. The predicted octanol–water partition coefficient (Wildman–Crippen LogP) is 4.87. The molecule has 0 amide bonds. The number of furan rings is 1. The molecular formula is C15H15F4NO. The van der Waals surface area contributed by atoms with Crippen molar-refractivity contribution >= 4 is 5.69 Å². The number of hydrogen-bond donors (Lipinski definition) is 1. The van der Waals surface area contributed by atoms with E-state index in [-0.39, 0.29) is 11.7 Å². The SMILES string of the molecule is CC(CCc1ccco1)Nc1ccc(F)c(C(F)(F)F)c1. The fourth-order valence-electron chi connectivity index (χ4n) is 2.00. The smallest absolute Gasteiger partial charge is 0.419 e. The van der Waals surface area contributed by atoms with E-state index in [0.29, 0.717) is 12.8 Å². The van der Waals surface area contributed by atoms with Gasteiger partial charge in [0.25, 0.3) is 0 Å². The number of halogens is 4. The lowest BCUT2D eigenvalue weighted by atomic mass is 10.1. The van der Waals surface area contributed by atoms with Gasteiger partial charge in [-0.1, -0.05) is 0 Å². The van der Waals surface area contributed by atoms with E-state index in [1.807, 2.05) is 13.0 Å². The number of anilines is 1. The molecule has 1 N–H and O–H groups in total. The molecule has 0 fully saturated rings. The van der Waals surface area contributed by atoms with E-state index in [9.17, 15) is 17.6 Å². The summed E-state index contributed by atoms with van der Waals surface area (Å²) in [6, 6.07) is 6.47. The zero-order chi connectivity index (χ0) is 15.5. The Hall–Kier alpha value is -1.98. The van der Waals surface area contributed by atoms with Crippen LogP contribution in [0, 0.1) is 5.82 Å². The summed E-state index contributed by atoms with van der Waals surface area (Å²) in [5.41, 5.74) is -1.01. The average Bonchev–Trinajstić information content (AvgIpc) is 2.90. The van der Waals surface area contributed by atoms with Gasteiger partial charge in [0.05, 0.1) is 11.8 Å². The summed E-state index contributed by atoms with van der Waals surface area (Å²) in [4.78, 5) is 0. The first-order chi connectivity index (χ1) is 9.86. The van der Waals surface area contributed by atoms with Crippen LogP contribution in [0.5, 0.6) is 0 Å². The lowest BCUT2D eigenvalue weighted by molar-refractivity contribution is -0.139. The Labute approximate surface area is 119 Å². The first kappa shape index (κ1) is 15.4. The first-order valence-electron chi connectivity index (χ1n) is 6.52. The van der Waals surface area contributed by atoms with Crippen molar-refractivity contribution in [2.45, 2.75) is 32.0 Å². The molecule has 1 unspecified atom stereocenters. The minimum Gasteiger partial charge on any atom is -0.469 e. The molecule has 0 spiro atoms. The van der Waals surface area contributed by atoms with E-state index >= 15 is 0 Å². The summed E-state index contributed by atoms with van der Waals surface area (Å²) in [5, 5.41) is 2.94. The van der Waals surface area contributed by atoms with E-state index in [0.717, 1.165) is 17.9 Å². The maximum absolute atomic E-state index is 13.2. The van der Waals surface area contributed by atoms with Crippen LogP contribution < -0.4 is 5.32 Å². The molecule has 0 aliphatic rings. The van der Waals surface area contributed by atoms with Crippen LogP contribution in [0.4, 0.5) is 23.2 Å². The summed E-state index contributed by atoms with van der Waals surface area (Å²) in [6.07, 6.45) is -1.76. The fourth-order valence-corrected chi connectivity index (χ4v) is 2.00. The highest BCUT2D eigenvalue weighted by Crippen LogP contribution is 2.33. The van der Waals surface area contributed by atoms with Crippen LogP contribution in [-0.4, -0.2) is 6.04 Å². The van der Waals surface area contributed by atoms with Gasteiger partial charge in [0, 0.05) is 18.2 Å². The molecule has 2 rings (SSSR count). The van der Waals surface area contributed by atoms with Gasteiger partial charge in [-0.2, -0.15) is 13.2 Å². The van der Waals surface area contributed by atoms with Crippen LogP contribution in [0.3, 0.4) is 0 Å². The molecule has 0 aliphatic carbocycles.